The van der Waals surface area contributed by atoms with Gasteiger partial charge in [-0.1, -0.05) is 45.0 Å². The second-order valence-electron chi connectivity index (χ2n) is 4.96. The Bertz CT molecular complexity index is 328. The topological polar surface area (TPSA) is 12.0 Å². The van der Waals surface area contributed by atoms with E-state index in [1.165, 1.54) is 17.5 Å². The van der Waals surface area contributed by atoms with Crippen molar-refractivity contribution in [1.29, 1.82) is 0 Å². The third-order valence-electron chi connectivity index (χ3n) is 4.06. The fourth-order valence-electron chi connectivity index (χ4n) is 2.76. The number of benzene rings is 1. The first-order valence-electron chi connectivity index (χ1n) is 6.58. The van der Waals surface area contributed by atoms with Gasteiger partial charge in [-0.2, -0.15) is 0 Å². The quantitative estimate of drug-likeness (QED) is 0.815. The molecule has 16 heavy (non-hydrogen) atoms. The number of nitrogens with one attached hydrogen (secondary N) is 1. The molecule has 1 aliphatic carbocycles. The Morgan fingerprint density at radius 1 is 1.19 bits per heavy atom. The smallest absolute Gasteiger partial charge is 0.0104 e. The van der Waals surface area contributed by atoms with E-state index in [-0.39, 0.29) is 0 Å². The lowest BCUT2D eigenvalue weighted by Gasteiger charge is -2.43. The minimum atomic E-state index is 0.737. The fraction of sp³-hybridized carbons (Fsp3) is 0.600. The molecule has 3 atom stereocenters. The van der Waals surface area contributed by atoms with Gasteiger partial charge in [-0.05, 0) is 42.3 Å². The van der Waals surface area contributed by atoms with Crippen LogP contribution in [0.3, 0.4) is 0 Å². The molecule has 0 aliphatic heterocycles. The molecule has 3 unspecified atom stereocenters. The van der Waals surface area contributed by atoms with Crippen molar-refractivity contribution in [2.24, 2.45) is 5.92 Å². The molecule has 1 aliphatic rings. The maximum absolute atomic E-state index is 3.55. The number of rotatable bonds is 4. The molecule has 1 saturated carbocycles. The van der Waals surface area contributed by atoms with Crippen molar-refractivity contribution >= 4 is 0 Å². The first-order valence-corrected chi connectivity index (χ1v) is 6.58. The number of aryl methyl sites for hydroxylation is 1. The number of hydrogen-bond donors (Lipinski definition) is 1. The van der Waals surface area contributed by atoms with Crippen molar-refractivity contribution < 1.29 is 0 Å². The van der Waals surface area contributed by atoms with E-state index >= 15 is 0 Å². The van der Waals surface area contributed by atoms with Crippen LogP contribution in [0.2, 0.25) is 0 Å². The van der Waals surface area contributed by atoms with Crippen molar-refractivity contribution in [3.05, 3.63) is 35.4 Å². The second kappa shape index (κ2) is 5.01. The van der Waals surface area contributed by atoms with Crippen LogP contribution in [0.25, 0.3) is 0 Å². The van der Waals surface area contributed by atoms with Crippen LogP contribution in [-0.2, 0) is 6.42 Å². The van der Waals surface area contributed by atoms with Gasteiger partial charge in [-0.25, -0.2) is 0 Å². The zero-order chi connectivity index (χ0) is 11.5. The van der Waals surface area contributed by atoms with E-state index in [1.54, 1.807) is 0 Å². The molecule has 1 nitrogen and oxygen atoms in total. The van der Waals surface area contributed by atoms with Gasteiger partial charge in [-0.15, -0.1) is 0 Å². The molecule has 1 aromatic carbocycles. The molecule has 2 rings (SSSR count). The van der Waals surface area contributed by atoms with Crippen molar-refractivity contribution in [3.63, 3.8) is 0 Å². The van der Waals surface area contributed by atoms with Crippen LogP contribution in [-0.4, -0.2) is 12.6 Å². The average molecular weight is 217 g/mol. The van der Waals surface area contributed by atoms with E-state index in [9.17, 15) is 0 Å². The van der Waals surface area contributed by atoms with Gasteiger partial charge in [-0.3, -0.25) is 0 Å². The predicted molar refractivity (Wildman–Crippen MR) is 69.8 cm³/mol. The Morgan fingerprint density at radius 2 is 1.88 bits per heavy atom. The Morgan fingerprint density at radius 3 is 2.38 bits per heavy atom. The van der Waals surface area contributed by atoms with Crippen molar-refractivity contribution in [2.45, 2.75) is 45.6 Å². The maximum Gasteiger partial charge on any atom is 0.0104 e. The molecule has 1 N–H and O–H groups in total. The lowest BCUT2D eigenvalue weighted by molar-refractivity contribution is 0.187. The second-order valence-corrected chi connectivity index (χ2v) is 4.96. The minimum absolute atomic E-state index is 0.737. The highest BCUT2D eigenvalue weighted by Crippen LogP contribution is 2.42. The Hall–Kier alpha value is -0.820. The summed E-state index contributed by atoms with van der Waals surface area (Å²) in [6.07, 6.45) is 2.45. The summed E-state index contributed by atoms with van der Waals surface area (Å²) in [7, 11) is 0. The Balaban J connectivity index is 1.99. The van der Waals surface area contributed by atoms with Gasteiger partial charge in [0.25, 0.3) is 0 Å². The molecule has 1 fully saturated rings. The SMILES string of the molecule is CCNC1CC(c2ccc(CC)cc2)C1C. The van der Waals surface area contributed by atoms with Crippen LogP contribution in [0.5, 0.6) is 0 Å². The van der Waals surface area contributed by atoms with Crippen LogP contribution >= 0.6 is 0 Å². The van der Waals surface area contributed by atoms with Crippen LogP contribution in [0.4, 0.5) is 0 Å². The summed E-state index contributed by atoms with van der Waals surface area (Å²) in [5, 5.41) is 3.55. The van der Waals surface area contributed by atoms with E-state index in [0.717, 1.165) is 30.8 Å². The van der Waals surface area contributed by atoms with E-state index in [2.05, 4.69) is 50.4 Å². The average Bonchev–Trinajstić information content (AvgIpc) is 2.34. The molecular weight excluding hydrogens is 194 g/mol. The largest absolute Gasteiger partial charge is 0.314 e. The summed E-state index contributed by atoms with van der Waals surface area (Å²) in [4.78, 5) is 0. The lowest BCUT2D eigenvalue weighted by atomic mass is 9.67. The molecular formula is C15H23N. The van der Waals surface area contributed by atoms with E-state index in [0.29, 0.717) is 0 Å². The zero-order valence-electron chi connectivity index (χ0n) is 10.7. The molecule has 0 spiro atoms. The molecule has 0 amide bonds. The van der Waals surface area contributed by atoms with Crippen molar-refractivity contribution in [1.82, 2.24) is 5.32 Å². The highest BCUT2D eigenvalue weighted by Gasteiger charge is 2.37. The normalized spacial score (nSPS) is 28.8. The maximum atomic E-state index is 3.55. The standard InChI is InChI=1S/C15H23N/c1-4-12-6-8-13(9-7-12)14-10-15(11(14)3)16-5-2/h6-9,11,14-16H,4-5,10H2,1-3H3. The molecule has 88 valence electrons. The molecule has 1 aromatic rings. The van der Waals surface area contributed by atoms with Crippen LogP contribution in [0.1, 0.15) is 44.2 Å². The molecule has 0 aromatic heterocycles. The lowest BCUT2D eigenvalue weighted by Crippen LogP contribution is -2.47. The molecule has 0 saturated heterocycles. The van der Waals surface area contributed by atoms with Gasteiger partial charge in [0, 0.05) is 6.04 Å². The summed E-state index contributed by atoms with van der Waals surface area (Å²) in [5.74, 6) is 1.56. The monoisotopic (exact) mass is 217 g/mol. The predicted octanol–water partition coefficient (Wildman–Crippen LogP) is 3.35. The molecule has 0 heterocycles. The van der Waals surface area contributed by atoms with Gasteiger partial charge < -0.3 is 5.32 Å². The van der Waals surface area contributed by atoms with Gasteiger partial charge in [0.15, 0.2) is 0 Å². The summed E-state index contributed by atoms with van der Waals surface area (Å²) in [6, 6.07) is 9.94. The molecule has 1 heteroatoms. The molecule has 0 radical (unpaired) electrons. The summed E-state index contributed by atoms with van der Waals surface area (Å²) >= 11 is 0. The highest BCUT2D eigenvalue weighted by molar-refractivity contribution is 5.28. The third kappa shape index (κ3) is 2.15. The van der Waals surface area contributed by atoms with Crippen molar-refractivity contribution in [2.75, 3.05) is 6.54 Å². The number of hydrogen-bond acceptors (Lipinski definition) is 1. The van der Waals surface area contributed by atoms with E-state index in [1.807, 2.05) is 0 Å². The van der Waals surface area contributed by atoms with Crippen LogP contribution < -0.4 is 5.32 Å². The summed E-state index contributed by atoms with van der Waals surface area (Å²) < 4.78 is 0. The minimum Gasteiger partial charge on any atom is -0.314 e. The first-order chi connectivity index (χ1) is 7.76. The van der Waals surface area contributed by atoms with Gasteiger partial charge in [0.1, 0.15) is 0 Å². The van der Waals surface area contributed by atoms with Crippen LogP contribution in [0.15, 0.2) is 24.3 Å². The van der Waals surface area contributed by atoms with Gasteiger partial charge >= 0.3 is 0 Å². The summed E-state index contributed by atoms with van der Waals surface area (Å²) in [5.41, 5.74) is 2.97. The van der Waals surface area contributed by atoms with Gasteiger partial charge in [0.2, 0.25) is 0 Å². The van der Waals surface area contributed by atoms with E-state index < -0.39 is 0 Å². The summed E-state index contributed by atoms with van der Waals surface area (Å²) in [6.45, 7) is 7.87. The van der Waals surface area contributed by atoms with Gasteiger partial charge in [0.05, 0.1) is 0 Å². The molecule has 0 bridgehead atoms. The van der Waals surface area contributed by atoms with Crippen LogP contribution in [0, 0.1) is 5.92 Å². The fourth-order valence-corrected chi connectivity index (χ4v) is 2.76. The third-order valence-corrected chi connectivity index (χ3v) is 4.06. The Kier molecular flexibility index (Phi) is 3.65. The van der Waals surface area contributed by atoms with E-state index in [4.69, 9.17) is 0 Å². The first kappa shape index (κ1) is 11.7. The Labute approximate surface area is 99.3 Å². The van der Waals surface area contributed by atoms with Crippen molar-refractivity contribution in [3.8, 4) is 0 Å². The highest BCUT2D eigenvalue weighted by atomic mass is 14.9. The zero-order valence-corrected chi connectivity index (χ0v) is 10.7.